The fourth-order valence-electron chi connectivity index (χ4n) is 0.994. The van der Waals surface area contributed by atoms with Gasteiger partial charge in [-0.25, -0.2) is 4.79 Å². The second-order valence-corrected chi connectivity index (χ2v) is 3.13. The van der Waals surface area contributed by atoms with Crippen LogP contribution in [0.1, 0.15) is 21.2 Å². The predicted octanol–water partition coefficient (Wildman–Crippen LogP) is 2.36. The standard InChI is InChI=1S/C11H15FO4.H2/c1-4-16-11(14)9(12)7-5-6-8(2)10(13)15-3;/h4,7-8H,1,5-6H2,2-3H3;1H/b9-7+;/t8-;/m0./s1. The molecular weight excluding hydrogens is 215 g/mol. The third-order valence-electron chi connectivity index (χ3n) is 1.91. The third kappa shape index (κ3) is 5.29. The number of hydrogen-bond donors (Lipinski definition) is 0. The van der Waals surface area contributed by atoms with E-state index >= 15 is 0 Å². The van der Waals surface area contributed by atoms with Crippen molar-refractivity contribution in [2.45, 2.75) is 19.8 Å². The molecule has 1 atom stereocenters. The Labute approximate surface area is 95.2 Å². The Balaban J connectivity index is 0. The minimum absolute atomic E-state index is 0. The van der Waals surface area contributed by atoms with Crippen LogP contribution >= 0.6 is 0 Å². The number of methoxy groups -OCH3 is 1. The van der Waals surface area contributed by atoms with Crippen LogP contribution in [0.5, 0.6) is 0 Å². The second-order valence-electron chi connectivity index (χ2n) is 3.13. The van der Waals surface area contributed by atoms with E-state index in [1.807, 2.05) is 0 Å². The summed E-state index contributed by atoms with van der Waals surface area (Å²) in [6.45, 7) is 4.79. The van der Waals surface area contributed by atoms with E-state index in [1.54, 1.807) is 6.92 Å². The fourth-order valence-corrected chi connectivity index (χ4v) is 0.994. The SMILES string of the molecule is C=COC(=O)/C(F)=C\CC[C@H](C)C(=O)OC.[HH]. The predicted molar refractivity (Wildman–Crippen MR) is 58.0 cm³/mol. The Morgan fingerprint density at radius 3 is 2.69 bits per heavy atom. The lowest BCUT2D eigenvalue weighted by Crippen LogP contribution is -2.12. The van der Waals surface area contributed by atoms with Crippen molar-refractivity contribution < 1.29 is 24.9 Å². The van der Waals surface area contributed by atoms with Gasteiger partial charge in [0, 0.05) is 1.43 Å². The van der Waals surface area contributed by atoms with Crippen LogP contribution in [0.15, 0.2) is 24.7 Å². The largest absolute Gasteiger partial charge is 0.469 e. The van der Waals surface area contributed by atoms with E-state index in [0.717, 1.165) is 12.3 Å². The lowest BCUT2D eigenvalue weighted by molar-refractivity contribution is -0.145. The first-order valence-corrected chi connectivity index (χ1v) is 4.78. The van der Waals surface area contributed by atoms with Gasteiger partial charge in [0.1, 0.15) is 0 Å². The van der Waals surface area contributed by atoms with Crippen molar-refractivity contribution in [3.63, 3.8) is 0 Å². The molecule has 0 radical (unpaired) electrons. The van der Waals surface area contributed by atoms with E-state index in [9.17, 15) is 14.0 Å². The minimum Gasteiger partial charge on any atom is -0.469 e. The Kier molecular flexibility index (Phi) is 6.83. The molecule has 0 aromatic carbocycles. The van der Waals surface area contributed by atoms with Crippen LogP contribution < -0.4 is 0 Å². The van der Waals surface area contributed by atoms with Crippen molar-refractivity contribution in [1.29, 1.82) is 0 Å². The molecule has 0 N–H and O–H groups in total. The van der Waals surface area contributed by atoms with Crippen LogP contribution in [0.2, 0.25) is 0 Å². The molecule has 16 heavy (non-hydrogen) atoms. The highest BCUT2D eigenvalue weighted by atomic mass is 19.1. The van der Waals surface area contributed by atoms with Crippen LogP contribution in [-0.2, 0) is 19.1 Å². The molecule has 0 bridgehead atoms. The quantitative estimate of drug-likeness (QED) is 0.401. The Morgan fingerprint density at radius 2 is 2.19 bits per heavy atom. The van der Waals surface area contributed by atoms with E-state index in [1.165, 1.54) is 7.11 Å². The first kappa shape index (κ1) is 14.3. The monoisotopic (exact) mass is 232 g/mol. The number of hydrogen-bond acceptors (Lipinski definition) is 4. The zero-order valence-corrected chi connectivity index (χ0v) is 9.36. The third-order valence-corrected chi connectivity index (χ3v) is 1.91. The minimum atomic E-state index is -1.08. The topological polar surface area (TPSA) is 52.6 Å². The first-order chi connectivity index (χ1) is 7.52. The normalized spacial score (nSPS) is 12.8. The maximum Gasteiger partial charge on any atom is 0.371 e. The molecule has 0 rings (SSSR count). The Morgan fingerprint density at radius 1 is 1.56 bits per heavy atom. The molecule has 4 nitrogen and oxygen atoms in total. The summed E-state index contributed by atoms with van der Waals surface area (Å²) in [5.74, 6) is -2.76. The number of ether oxygens (including phenoxy) is 2. The molecular formula is C11H17FO4. The average Bonchev–Trinajstić information content (AvgIpc) is 2.27. The highest BCUT2D eigenvalue weighted by molar-refractivity contribution is 5.86. The molecule has 0 aliphatic rings. The van der Waals surface area contributed by atoms with Gasteiger partial charge in [-0.3, -0.25) is 4.79 Å². The van der Waals surface area contributed by atoms with Gasteiger partial charge in [0.25, 0.3) is 0 Å². The van der Waals surface area contributed by atoms with Gasteiger partial charge in [0.05, 0.1) is 19.3 Å². The van der Waals surface area contributed by atoms with Gasteiger partial charge in [0.2, 0.25) is 5.83 Å². The molecule has 92 valence electrons. The molecule has 0 heterocycles. The van der Waals surface area contributed by atoms with Crippen LogP contribution in [0.3, 0.4) is 0 Å². The molecule has 0 amide bonds. The van der Waals surface area contributed by atoms with Crippen LogP contribution in [0.25, 0.3) is 0 Å². The molecule has 0 aromatic rings. The molecule has 0 fully saturated rings. The Bertz CT molecular complexity index is 302. The summed E-state index contributed by atoms with van der Waals surface area (Å²) in [6, 6.07) is 0. The van der Waals surface area contributed by atoms with Crippen LogP contribution in [-0.4, -0.2) is 19.0 Å². The number of rotatable bonds is 6. The smallest absolute Gasteiger partial charge is 0.371 e. The number of carbonyl (C=O) groups is 2. The van der Waals surface area contributed by atoms with Crippen LogP contribution in [0.4, 0.5) is 4.39 Å². The van der Waals surface area contributed by atoms with Crippen molar-refractivity contribution in [2.75, 3.05) is 7.11 Å². The average molecular weight is 232 g/mol. The van der Waals surface area contributed by atoms with Crippen molar-refractivity contribution >= 4 is 11.9 Å². The van der Waals surface area contributed by atoms with E-state index in [-0.39, 0.29) is 19.7 Å². The van der Waals surface area contributed by atoms with E-state index in [0.29, 0.717) is 6.42 Å². The molecule has 0 saturated carbocycles. The van der Waals surface area contributed by atoms with Gasteiger partial charge in [-0.05, 0) is 18.9 Å². The summed E-state index contributed by atoms with van der Waals surface area (Å²) in [6.07, 6.45) is 2.59. The summed E-state index contributed by atoms with van der Waals surface area (Å²) >= 11 is 0. The maximum atomic E-state index is 12.9. The molecule has 5 heteroatoms. The van der Waals surface area contributed by atoms with Crippen molar-refractivity contribution in [1.82, 2.24) is 0 Å². The highest BCUT2D eigenvalue weighted by Crippen LogP contribution is 2.10. The number of carbonyl (C=O) groups excluding carboxylic acids is 2. The molecule has 0 saturated heterocycles. The summed E-state index contributed by atoms with van der Waals surface area (Å²) in [5, 5.41) is 0. The molecule has 0 aromatic heterocycles. The van der Waals surface area contributed by atoms with Crippen molar-refractivity contribution in [2.24, 2.45) is 5.92 Å². The van der Waals surface area contributed by atoms with Crippen LogP contribution in [0, 0.1) is 5.92 Å². The van der Waals surface area contributed by atoms with Crippen molar-refractivity contribution in [3.8, 4) is 0 Å². The van der Waals surface area contributed by atoms with E-state index in [2.05, 4.69) is 16.1 Å². The summed E-state index contributed by atoms with van der Waals surface area (Å²) < 4.78 is 21.7. The summed E-state index contributed by atoms with van der Waals surface area (Å²) in [7, 11) is 1.29. The zero-order valence-electron chi connectivity index (χ0n) is 9.36. The van der Waals surface area contributed by atoms with Gasteiger partial charge in [0.15, 0.2) is 0 Å². The van der Waals surface area contributed by atoms with Gasteiger partial charge in [-0.15, -0.1) is 0 Å². The number of esters is 2. The molecule has 0 unspecified atom stereocenters. The summed E-state index contributed by atoms with van der Waals surface area (Å²) in [5.41, 5.74) is 0. The number of halogens is 1. The molecule has 0 aliphatic heterocycles. The molecule has 0 spiro atoms. The molecule has 0 aliphatic carbocycles. The van der Waals surface area contributed by atoms with E-state index < -0.39 is 11.8 Å². The lowest BCUT2D eigenvalue weighted by atomic mass is 10.1. The van der Waals surface area contributed by atoms with Gasteiger partial charge in [-0.2, -0.15) is 4.39 Å². The summed E-state index contributed by atoms with van der Waals surface area (Å²) in [4.78, 5) is 21.8. The lowest BCUT2D eigenvalue weighted by Gasteiger charge is -2.06. The van der Waals surface area contributed by atoms with Crippen molar-refractivity contribution in [3.05, 3.63) is 24.7 Å². The fraction of sp³-hybridized carbons (Fsp3) is 0.455. The zero-order chi connectivity index (χ0) is 12.6. The highest BCUT2D eigenvalue weighted by Gasteiger charge is 2.13. The number of allylic oxidation sites excluding steroid dienone is 1. The first-order valence-electron chi connectivity index (χ1n) is 4.78. The Hall–Kier alpha value is -1.65. The van der Waals surface area contributed by atoms with Gasteiger partial charge >= 0.3 is 11.9 Å². The van der Waals surface area contributed by atoms with Gasteiger partial charge < -0.3 is 9.47 Å². The van der Waals surface area contributed by atoms with E-state index in [4.69, 9.17) is 0 Å². The second kappa shape index (κ2) is 7.62. The maximum absolute atomic E-state index is 12.9. The van der Waals surface area contributed by atoms with Gasteiger partial charge in [-0.1, -0.05) is 13.5 Å².